The van der Waals surface area contributed by atoms with Crippen LogP contribution in [-0.2, 0) is 35.6 Å². The van der Waals surface area contributed by atoms with Crippen molar-refractivity contribution in [2.45, 2.75) is 39.9 Å². The normalized spacial score (nSPS) is 14.2. The predicted molar refractivity (Wildman–Crippen MR) is 106 cm³/mol. The third-order valence-corrected chi connectivity index (χ3v) is 5.53. The van der Waals surface area contributed by atoms with Crippen LogP contribution in [0.4, 0.5) is 0 Å². The van der Waals surface area contributed by atoms with E-state index in [1.807, 2.05) is 36.6 Å². The number of esters is 1. The number of hydrogen-bond donors (Lipinski definition) is 1. The van der Waals surface area contributed by atoms with Crippen molar-refractivity contribution in [1.82, 2.24) is 19.4 Å². The molecule has 0 unspecified atom stereocenters. The van der Waals surface area contributed by atoms with E-state index in [0.717, 1.165) is 40.9 Å². The van der Waals surface area contributed by atoms with E-state index in [1.165, 1.54) is 12.7 Å². The third kappa shape index (κ3) is 3.22. The summed E-state index contributed by atoms with van der Waals surface area (Å²) in [7, 11) is 1.41. The van der Waals surface area contributed by atoms with Gasteiger partial charge in [0.05, 0.1) is 12.8 Å². The summed E-state index contributed by atoms with van der Waals surface area (Å²) in [5.41, 5.74) is 4.93. The first-order valence-corrected chi connectivity index (χ1v) is 9.42. The Labute approximate surface area is 163 Å². The lowest BCUT2D eigenvalue weighted by Crippen LogP contribution is -2.35. The average molecular weight is 380 g/mol. The van der Waals surface area contributed by atoms with Crippen molar-refractivity contribution in [3.05, 3.63) is 63.0 Å². The Morgan fingerprint density at radius 2 is 2.07 bits per heavy atom. The van der Waals surface area contributed by atoms with Gasteiger partial charge in [-0.05, 0) is 31.9 Å². The van der Waals surface area contributed by atoms with Crippen LogP contribution in [0.15, 0.2) is 29.1 Å². The lowest BCUT2D eigenvalue weighted by Gasteiger charge is -2.27. The van der Waals surface area contributed by atoms with E-state index in [2.05, 4.69) is 20.9 Å². The van der Waals surface area contributed by atoms with Gasteiger partial charge in [-0.1, -0.05) is 18.2 Å². The maximum Gasteiger partial charge on any atom is 0.325 e. The Kier molecular flexibility index (Phi) is 4.77. The van der Waals surface area contributed by atoms with E-state index >= 15 is 0 Å². The molecule has 0 radical (unpaired) electrons. The number of rotatable bonds is 4. The van der Waals surface area contributed by atoms with Gasteiger partial charge in [0, 0.05) is 41.8 Å². The molecule has 0 bridgehead atoms. The van der Waals surface area contributed by atoms with Crippen LogP contribution >= 0.6 is 0 Å². The average Bonchev–Trinajstić information content (AvgIpc) is 2.93. The number of ether oxygens (including phenoxy) is 1. The SMILES string of the molecule is COC(=O)Cn1c(C)c(CN2CCc3c(nc(C)[nH]c3=O)C2)c2ccccc21. The van der Waals surface area contributed by atoms with Crippen molar-refractivity contribution < 1.29 is 9.53 Å². The second kappa shape index (κ2) is 7.24. The van der Waals surface area contributed by atoms with Gasteiger partial charge < -0.3 is 14.3 Å². The molecule has 0 spiro atoms. The van der Waals surface area contributed by atoms with E-state index in [0.29, 0.717) is 18.8 Å². The van der Waals surface area contributed by atoms with Gasteiger partial charge in [0.25, 0.3) is 5.56 Å². The van der Waals surface area contributed by atoms with E-state index in [4.69, 9.17) is 4.74 Å². The molecule has 0 fully saturated rings. The van der Waals surface area contributed by atoms with E-state index in [-0.39, 0.29) is 18.1 Å². The van der Waals surface area contributed by atoms with E-state index < -0.39 is 0 Å². The number of carbonyl (C=O) groups excluding carboxylic acids is 1. The quantitative estimate of drug-likeness (QED) is 0.701. The molecule has 3 heterocycles. The van der Waals surface area contributed by atoms with Crippen LogP contribution in [0.25, 0.3) is 10.9 Å². The molecule has 1 aliphatic rings. The molecule has 146 valence electrons. The number of para-hydroxylation sites is 1. The number of aryl methyl sites for hydroxylation is 1. The van der Waals surface area contributed by atoms with Gasteiger partial charge in [-0.15, -0.1) is 0 Å². The zero-order chi connectivity index (χ0) is 19.8. The first kappa shape index (κ1) is 18.4. The van der Waals surface area contributed by atoms with E-state index in [9.17, 15) is 9.59 Å². The van der Waals surface area contributed by atoms with Crippen LogP contribution in [0, 0.1) is 13.8 Å². The van der Waals surface area contributed by atoms with Gasteiger partial charge in [-0.3, -0.25) is 14.5 Å². The number of H-pyrrole nitrogens is 1. The fourth-order valence-corrected chi connectivity index (χ4v) is 4.08. The molecule has 7 heteroatoms. The highest BCUT2D eigenvalue weighted by molar-refractivity contribution is 5.87. The molecule has 0 atom stereocenters. The van der Waals surface area contributed by atoms with Crippen molar-refractivity contribution in [1.29, 1.82) is 0 Å². The second-order valence-electron chi connectivity index (χ2n) is 7.28. The summed E-state index contributed by atoms with van der Waals surface area (Å²) in [5.74, 6) is 0.387. The zero-order valence-corrected chi connectivity index (χ0v) is 16.4. The summed E-state index contributed by atoms with van der Waals surface area (Å²) in [5, 5.41) is 1.14. The number of aromatic nitrogens is 3. The minimum absolute atomic E-state index is 0.0204. The van der Waals surface area contributed by atoms with Crippen LogP contribution in [-0.4, -0.2) is 39.1 Å². The molecule has 0 saturated heterocycles. The second-order valence-corrected chi connectivity index (χ2v) is 7.28. The number of aromatic amines is 1. The van der Waals surface area contributed by atoms with Gasteiger partial charge in [-0.2, -0.15) is 0 Å². The molecule has 7 nitrogen and oxygen atoms in total. The Morgan fingerprint density at radius 3 is 2.86 bits per heavy atom. The number of hydrogen-bond acceptors (Lipinski definition) is 5. The van der Waals surface area contributed by atoms with Crippen molar-refractivity contribution in [2.75, 3.05) is 13.7 Å². The lowest BCUT2D eigenvalue weighted by molar-refractivity contribution is -0.141. The molecule has 1 aromatic carbocycles. The molecule has 2 aromatic heterocycles. The monoisotopic (exact) mass is 380 g/mol. The van der Waals surface area contributed by atoms with Crippen molar-refractivity contribution in [3.63, 3.8) is 0 Å². The number of fused-ring (bicyclic) bond motifs is 2. The van der Waals surface area contributed by atoms with Gasteiger partial charge in [0.15, 0.2) is 0 Å². The van der Waals surface area contributed by atoms with Crippen LogP contribution in [0.2, 0.25) is 0 Å². The van der Waals surface area contributed by atoms with Crippen LogP contribution in [0.1, 0.15) is 28.3 Å². The Hall–Kier alpha value is -2.93. The van der Waals surface area contributed by atoms with Crippen LogP contribution in [0.3, 0.4) is 0 Å². The molecule has 0 amide bonds. The molecular formula is C21H24N4O3. The van der Waals surface area contributed by atoms with Crippen molar-refractivity contribution in [3.8, 4) is 0 Å². The highest BCUT2D eigenvalue weighted by atomic mass is 16.5. The van der Waals surface area contributed by atoms with Gasteiger partial charge in [0.1, 0.15) is 12.4 Å². The maximum absolute atomic E-state index is 12.2. The topological polar surface area (TPSA) is 80.2 Å². The first-order valence-electron chi connectivity index (χ1n) is 9.42. The minimum Gasteiger partial charge on any atom is -0.468 e. The number of methoxy groups -OCH3 is 1. The van der Waals surface area contributed by atoms with Crippen LogP contribution in [0.5, 0.6) is 0 Å². The standard InChI is InChI=1S/C21H24N4O3/c1-13-17(15-6-4-5-7-19(15)25(13)12-20(26)28-3)10-24-9-8-16-18(11-24)22-14(2)23-21(16)27/h4-7H,8-12H2,1-3H3,(H,22,23,27). The summed E-state index contributed by atoms with van der Waals surface area (Å²) < 4.78 is 6.88. The fraction of sp³-hybridized carbons (Fsp3) is 0.381. The lowest BCUT2D eigenvalue weighted by atomic mass is 10.0. The summed E-state index contributed by atoms with van der Waals surface area (Å²) in [6.45, 7) is 6.25. The van der Waals surface area contributed by atoms with Crippen molar-refractivity contribution in [2.24, 2.45) is 0 Å². The fourth-order valence-electron chi connectivity index (χ4n) is 4.08. The highest BCUT2D eigenvalue weighted by Crippen LogP contribution is 2.28. The van der Waals surface area contributed by atoms with Gasteiger partial charge >= 0.3 is 5.97 Å². The summed E-state index contributed by atoms with van der Waals surface area (Å²) in [6, 6.07) is 8.13. The van der Waals surface area contributed by atoms with Crippen LogP contribution < -0.4 is 5.56 Å². The smallest absolute Gasteiger partial charge is 0.325 e. The van der Waals surface area contributed by atoms with Gasteiger partial charge in [0.2, 0.25) is 0 Å². The zero-order valence-electron chi connectivity index (χ0n) is 16.4. The maximum atomic E-state index is 12.2. The molecule has 3 aromatic rings. The molecule has 4 rings (SSSR count). The predicted octanol–water partition coefficient (Wildman–Crippen LogP) is 2.07. The van der Waals surface area contributed by atoms with E-state index in [1.54, 1.807) is 0 Å². The summed E-state index contributed by atoms with van der Waals surface area (Å²) >= 11 is 0. The molecule has 1 aliphatic heterocycles. The minimum atomic E-state index is -0.263. The highest BCUT2D eigenvalue weighted by Gasteiger charge is 2.23. The summed E-state index contributed by atoms with van der Waals surface area (Å²) in [6.07, 6.45) is 0.692. The largest absolute Gasteiger partial charge is 0.468 e. The number of benzene rings is 1. The third-order valence-electron chi connectivity index (χ3n) is 5.53. The first-order chi connectivity index (χ1) is 13.5. The Bertz CT molecular complexity index is 1110. The Morgan fingerprint density at radius 1 is 1.29 bits per heavy atom. The summed E-state index contributed by atoms with van der Waals surface area (Å²) in [4.78, 5) is 33.7. The molecule has 28 heavy (non-hydrogen) atoms. The molecule has 0 aliphatic carbocycles. The Balaban J connectivity index is 1.68. The molecule has 1 N–H and O–H groups in total. The molecular weight excluding hydrogens is 356 g/mol. The molecule has 0 saturated carbocycles. The van der Waals surface area contributed by atoms with Crippen molar-refractivity contribution >= 4 is 16.9 Å². The number of nitrogens with one attached hydrogen (secondary N) is 1. The van der Waals surface area contributed by atoms with Gasteiger partial charge in [-0.25, -0.2) is 4.98 Å². The number of carbonyl (C=O) groups is 1. The number of nitrogens with zero attached hydrogens (tertiary/aromatic N) is 3.